The Hall–Kier alpha value is -1.22. The summed E-state index contributed by atoms with van der Waals surface area (Å²) in [4.78, 5) is 0. The van der Waals surface area contributed by atoms with Gasteiger partial charge in [-0.2, -0.15) is 0 Å². The minimum absolute atomic E-state index is 0.196. The van der Waals surface area contributed by atoms with Crippen molar-refractivity contribution in [2.45, 2.75) is 52.7 Å². The van der Waals surface area contributed by atoms with Gasteiger partial charge in [-0.05, 0) is 41.5 Å². The average molecular weight is 278 g/mol. The Morgan fingerprint density at radius 1 is 0.842 bits per heavy atom. The molecule has 0 spiro atoms. The maximum absolute atomic E-state index is 6.12. The molecule has 0 aliphatic carbocycles. The van der Waals surface area contributed by atoms with Crippen LogP contribution >= 0.6 is 0 Å². The summed E-state index contributed by atoms with van der Waals surface area (Å²) in [5.74, 6) is 0.870. The molecule has 0 amide bonds. The van der Waals surface area contributed by atoms with Crippen molar-refractivity contribution in [3.05, 3.63) is 41.3 Å². The second-order valence-electron chi connectivity index (χ2n) is 6.68. The lowest BCUT2D eigenvalue weighted by molar-refractivity contribution is 0.0486. The highest BCUT2D eigenvalue weighted by Gasteiger charge is 2.20. The standard InChI is InChI=1S/C16H26O2Si/c1-15(2,3)17-13(12-10-8-7-9-11-12)14(19)18-16(4,5)6/h7-11H,1-6,19H3. The lowest BCUT2D eigenvalue weighted by atomic mass is 10.1. The van der Waals surface area contributed by atoms with E-state index in [1.165, 1.54) is 0 Å². The van der Waals surface area contributed by atoms with Gasteiger partial charge in [-0.15, -0.1) is 0 Å². The van der Waals surface area contributed by atoms with Crippen LogP contribution in [0.3, 0.4) is 0 Å². The summed E-state index contributed by atoms with van der Waals surface area (Å²) in [6, 6.07) is 10.2. The molecule has 2 nitrogen and oxygen atoms in total. The Morgan fingerprint density at radius 3 is 1.74 bits per heavy atom. The lowest BCUT2D eigenvalue weighted by Gasteiger charge is -2.28. The van der Waals surface area contributed by atoms with Crippen LogP contribution in [-0.2, 0) is 9.47 Å². The van der Waals surface area contributed by atoms with E-state index in [1.807, 2.05) is 18.2 Å². The van der Waals surface area contributed by atoms with Crippen LogP contribution in [0.5, 0.6) is 0 Å². The maximum Gasteiger partial charge on any atom is 0.158 e. The summed E-state index contributed by atoms with van der Waals surface area (Å²) in [5, 5.41) is 0.952. The van der Waals surface area contributed by atoms with E-state index in [0.717, 1.165) is 26.9 Å². The topological polar surface area (TPSA) is 18.5 Å². The number of rotatable bonds is 3. The molecule has 19 heavy (non-hydrogen) atoms. The van der Waals surface area contributed by atoms with Gasteiger partial charge in [0.05, 0.1) is 15.8 Å². The molecule has 0 aromatic heterocycles. The van der Waals surface area contributed by atoms with Gasteiger partial charge in [0.2, 0.25) is 0 Å². The van der Waals surface area contributed by atoms with Crippen LogP contribution in [0, 0.1) is 0 Å². The van der Waals surface area contributed by atoms with Crippen molar-refractivity contribution in [3.63, 3.8) is 0 Å². The van der Waals surface area contributed by atoms with Crippen LogP contribution in [0.15, 0.2) is 35.7 Å². The minimum atomic E-state index is -0.234. The van der Waals surface area contributed by atoms with Gasteiger partial charge in [0.1, 0.15) is 11.0 Å². The highest BCUT2D eigenvalue weighted by molar-refractivity contribution is 6.23. The van der Waals surface area contributed by atoms with Gasteiger partial charge in [0, 0.05) is 5.56 Å². The zero-order valence-electron chi connectivity index (χ0n) is 13.2. The first-order valence-electron chi connectivity index (χ1n) is 6.73. The number of hydrogen-bond acceptors (Lipinski definition) is 2. The van der Waals surface area contributed by atoms with Crippen molar-refractivity contribution >= 4 is 16.0 Å². The Bertz CT molecular complexity index is 436. The second-order valence-corrected chi connectivity index (χ2v) is 7.59. The number of hydrogen-bond donors (Lipinski definition) is 0. The van der Waals surface area contributed by atoms with E-state index in [9.17, 15) is 0 Å². The van der Waals surface area contributed by atoms with Gasteiger partial charge in [-0.1, -0.05) is 30.3 Å². The normalized spacial score (nSPS) is 14.0. The van der Waals surface area contributed by atoms with E-state index in [2.05, 4.69) is 53.7 Å². The third-order valence-electron chi connectivity index (χ3n) is 2.22. The van der Waals surface area contributed by atoms with Crippen LogP contribution in [0.1, 0.15) is 47.1 Å². The zero-order chi connectivity index (χ0) is 14.7. The third-order valence-corrected chi connectivity index (χ3v) is 2.88. The summed E-state index contributed by atoms with van der Waals surface area (Å²) < 4.78 is 12.1. The fourth-order valence-corrected chi connectivity index (χ4v) is 2.74. The predicted molar refractivity (Wildman–Crippen MR) is 85.0 cm³/mol. The molecule has 0 N–H and O–H groups in total. The van der Waals surface area contributed by atoms with Gasteiger partial charge in [0.25, 0.3) is 0 Å². The molecule has 106 valence electrons. The molecule has 1 aromatic carbocycles. The Labute approximate surface area is 120 Å². The maximum atomic E-state index is 6.12. The van der Waals surface area contributed by atoms with Crippen LogP contribution in [0.4, 0.5) is 0 Å². The summed E-state index contributed by atoms with van der Waals surface area (Å²) in [6.07, 6.45) is 0. The van der Waals surface area contributed by atoms with Crippen molar-refractivity contribution in [2.75, 3.05) is 0 Å². The number of ether oxygens (including phenoxy) is 2. The molecule has 0 heterocycles. The number of benzene rings is 1. The first kappa shape index (κ1) is 15.8. The SMILES string of the molecule is CC(C)(C)OC([SiH3])=C(OC(C)(C)C)c1ccccc1. The van der Waals surface area contributed by atoms with Gasteiger partial charge < -0.3 is 9.47 Å². The third kappa shape index (κ3) is 5.97. The van der Waals surface area contributed by atoms with Crippen molar-refractivity contribution < 1.29 is 9.47 Å². The van der Waals surface area contributed by atoms with Crippen molar-refractivity contribution in [3.8, 4) is 0 Å². The monoisotopic (exact) mass is 278 g/mol. The van der Waals surface area contributed by atoms with Gasteiger partial charge in [0.15, 0.2) is 5.76 Å². The second kappa shape index (κ2) is 5.82. The molecule has 0 aliphatic rings. The molecule has 0 radical (unpaired) electrons. The minimum Gasteiger partial charge on any atom is -0.495 e. The van der Waals surface area contributed by atoms with Crippen molar-refractivity contribution in [2.24, 2.45) is 0 Å². The highest BCUT2D eigenvalue weighted by Crippen LogP contribution is 2.27. The van der Waals surface area contributed by atoms with Gasteiger partial charge >= 0.3 is 0 Å². The first-order chi connectivity index (χ1) is 8.58. The molecule has 0 unspecified atom stereocenters. The fourth-order valence-electron chi connectivity index (χ4n) is 1.74. The van der Waals surface area contributed by atoms with Gasteiger partial charge in [-0.3, -0.25) is 0 Å². The lowest BCUT2D eigenvalue weighted by Crippen LogP contribution is -2.23. The molecule has 0 atom stereocenters. The van der Waals surface area contributed by atoms with E-state index in [0.29, 0.717) is 0 Å². The molecule has 0 fully saturated rings. The fraction of sp³-hybridized carbons (Fsp3) is 0.500. The quantitative estimate of drug-likeness (QED) is 0.624. The molecule has 0 saturated heterocycles. The zero-order valence-corrected chi connectivity index (χ0v) is 15.2. The molecule has 1 aromatic rings. The van der Waals surface area contributed by atoms with E-state index < -0.39 is 0 Å². The Balaban J connectivity index is 3.16. The average Bonchev–Trinajstić information content (AvgIpc) is 2.23. The molecule has 0 bridgehead atoms. The Kier molecular flexibility index (Phi) is 4.85. The van der Waals surface area contributed by atoms with Crippen molar-refractivity contribution in [1.29, 1.82) is 0 Å². The van der Waals surface area contributed by atoms with E-state index in [-0.39, 0.29) is 11.2 Å². The van der Waals surface area contributed by atoms with Crippen LogP contribution in [-0.4, -0.2) is 21.4 Å². The molecule has 0 aliphatic heterocycles. The molecule has 3 heteroatoms. The molecule has 0 saturated carbocycles. The van der Waals surface area contributed by atoms with Crippen LogP contribution < -0.4 is 0 Å². The van der Waals surface area contributed by atoms with E-state index in [1.54, 1.807) is 0 Å². The van der Waals surface area contributed by atoms with Gasteiger partial charge in [-0.25, -0.2) is 0 Å². The smallest absolute Gasteiger partial charge is 0.158 e. The summed E-state index contributed by atoms with van der Waals surface area (Å²) in [6.45, 7) is 12.4. The van der Waals surface area contributed by atoms with Crippen molar-refractivity contribution in [1.82, 2.24) is 0 Å². The van der Waals surface area contributed by atoms with E-state index >= 15 is 0 Å². The molecule has 1 rings (SSSR count). The summed E-state index contributed by atoms with van der Waals surface area (Å²) >= 11 is 0. The van der Waals surface area contributed by atoms with Crippen LogP contribution in [0.2, 0.25) is 0 Å². The van der Waals surface area contributed by atoms with E-state index in [4.69, 9.17) is 9.47 Å². The Morgan fingerprint density at radius 2 is 1.32 bits per heavy atom. The highest BCUT2D eigenvalue weighted by atomic mass is 28.1. The predicted octanol–water partition coefficient (Wildman–Crippen LogP) is 3.31. The summed E-state index contributed by atoms with van der Waals surface area (Å²) in [7, 11) is 0.814. The first-order valence-corrected chi connectivity index (χ1v) is 7.73. The van der Waals surface area contributed by atoms with Crippen LogP contribution in [0.25, 0.3) is 5.76 Å². The summed E-state index contributed by atoms with van der Waals surface area (Å²) in [5.41, 5.74) is 0.646. The molecular weight excluding hydrogens is 252 g/mol. The largest absolute Gasteiger partial charge is 0.495 e. The molecular formula is C16H26O2Si.